The summed E-state index contributed by atoms with van der Waals surface area (Å²) >= 11 is 3.46. The molecule has 2 aromatic carbocycles. The normalized spacial score (nSPS) is 13.9. The van der Waals surface area contributed by atoms with Crippen molar-refractivity contribution in [3.63, 3.8) is 0 Å². The number of hydrogen-bond acceptors (Lipinski definition) is 3. The van der Waals surface area contributed by atoms with Gasteiger partial charge in [-0.2, -0.15) is 0 Å². The summed E-state index contributed by atoms with van der Waals surface area (Å²) in [6.07, 6.45) is 0. The van der Waals surface area contributed by atoms with Crippen LogP contribution in [0.1, 0.15) is 37.1 Å². The van der Waals surface area contributed by atoms with Gasteiger partial charge in [-0.15, -0.1) is 0 Å². The Morgan fingerprint density at radius 3 is 2.45 bits per heavy atom. The number of rotatable bonds is 4. The van der Waals surface area contributed by atoms with Gasteiger partial charge in [-0.1, -0.05) is 28.1 Å². The van der Waals surface area contributed by atoms with Crippen LogP contribution in [0.25, 0.3) is 0 Å². The Balaban J connectivity index is 2.15. The Bertz CT molecular complexity index is 601. The minimum absolute atomic E-state index is 0.0731. The van der Waals surface area contributed by atoms with Gasteiger partial charge in [0, 0.05) is 22.1 Å². The van der Waals surface area contributed by atoms with Crippen LogP contribution in [0.4, 0.5) is 0 Å². The molecule has 0 radical (unpaired) electrons. The van der Waals surface area contributed by atoms with Gasteiger partial charge < -0.3 is 15.5 Å². The van der Waals surface area contributed by atoms with E-state index in [-0.39, 0.29) is 23.6 Å². The molecule has 4 heteroatoms. The Labute approximate surface area is 127 Å². The predicted molar refractivity (Wildman–Crippen MR) is 83.9 cm³/mol. The topological polar surface area (TPSA) is 52.5 Å². The molecule has 0 spiro atoms. The highest BCUT2D eigenvalue weighted by Gasteiger charge is 2.15. The first-order valence-electron chi connectivity index (χ1n) is 6.50. The average molecular weight is 336 g/mol. The van der Waals surface area contributed by atoms with E-state index in [4.69, 9.17) is 0 Å². The molecule has 3 nitrogen and oxygen atoms in total. The van der Waals surface area contributed by atoms with Crippen molar-refractivity contribution < 1.29 is 10.2 Å². The van der Waals surface area contributed by atoms with Crippen LogP contribution in [0.15, 0.2) is 46.9 Å². The zero-order chi connectivity index (χ0) is 14.7. The average Bonchev–Trinajstić information content (AvgIpc) is 2.41. The maximum Gasteiger partial charge on any atom is 0.120 e. The number of benzene rings is 2. The summed E-state index contributed by atoms with van der Waals surface area (Å²) in [6.45, 7) is 4.03. The van der Waals surface area contributed by atoms with E-state index in [2.05, 4.69) is 40.3 Å². The third-order valence-corrected chi connectivity index (χ3v) is 3.82. The third kappa shape index (κ3) is 3.52. The molecule has 106 valence electrons. The molecule has 0 bridgehead atoms. The fourth-order valence-electron chi connectivity index (χ4n) is 2.23. The van der Waals surface area contributed by atoms with Gasteiger partial charge in [-0.25, -0.2) is 0 Å². The number of nitrogens with one attached hydrogen (secondary N) is 1. The third-order valence-electron chi connectivity index (χ3n) is 3.33. The Morgan fingerprint density at radius 1 is 1.00 bits per heavy atom. The van der Waals surface area contributed by atoms with Crippen molar-refractivity contribution in [3.05, 3.63) is 58.1 Å². The lowest BCUT2D eigenvalue weighted by atomic mass is 10.0. The summed E-state index contributed by atoms with van der Waals surface area (Å²) in [5, 5.41) is 22.8. The van der Waals surface area contributed by atoms with E-state index in [1.165, 1.54) is 12.1 Å². The maximum absolute atomic E-state index is 9.87. The van der Waals surface area contributed by atoms with Crippen molar-refractivity contribution in [2.45, 2.75) is 25.9 Å². The molecule has 2 aromatic rings. The number of phenols is 2. The van der Waals surface area contributed by atoms with Crippen LogP contribution in [-0.2, 0) is 0 Å². The molecule has 0 aliphatic heterocycles. The van der Waals surface area contributed by atoms with E-state index in [0.29, 0.717) is 5.56 Å². The van der Waals surface area contributed by atoms with E-state index in [9.17, 15) is 10.2 Å². The monoisotopic (exact) mass is 335 g/mol. The van der Waals surface area contributed by atoms with E-state index in [1.807, 2.05) is 19.1 Å². The zero-order valence-corrected chi connectivity index (χ0v) is 13.1. The second-order valence-corrected chi connectivity index (χ2v) is 5.82. The zero-order valence-electron chi connectivity index (χ0n) is 11.5. The van der Waals surface area contributed by atoms with E-state index >= 15 is 0 Å². The lowest BCUT2D eigenvalue weighted by Crippen LogP contribution is -2.22. The summed E-state index contributed by atoms with van der Waals surface area (Å²) in [4.78, 5) is 0. The van der Waals surface area contributed by atoms with E-state index in [1.54, 1.807) is 6.07 Å². The fraction of sp³-hybridized carbons (Fsp3) is 0.250. The highest BCUT2D eigenvalue weighted by Crippen LogP contribution is 2.29. The molecule has 0 heterocycles. The minimum atomic E-state index is -0.0731. The van der Waals surface area contributed by atoms with Gasteiger partial charge >= 0.3 is 0 Å². The van der Waals surface area contributed by atoms with Gasteiger partial charge in [-0.3, -0.25) is 0 Å². The predicted octanol–water partition coefficient (Wildman–Crippen LogP) is 4.27. The number of hydrogen-bond donors (Lipinski definition) is 3. The van der Waals surface area contributed by atoms with Crippen molar-refractivity contribution in [3.8, 4) is 11.5 Å². The van der Waals surface area contributed by atoms with Gasteiger partial charge in [0.05, 0.1) is 0 Å². The van der Waals surface area contributed by atoms with Gasteiger partial charge in [0.25, 0.3) is 0 Å². The minimum Gasteiger partial charge on any atom is -0.508 e. The molecule has 0 saturated heterocycles. The second-order valence-electron chi connectivity index (χ2n) is 4.91. The Kier molecular flexibility index (Phi) is 4.68. The van der Waals surface area contributed by atoms with Gasteiger partial charge in [-0.05, 0) is 49.7 Å². The molecule has 20 heavy (non-hydrogen) atoms. The number of aromatic hydroxyl groups is 2. The van der Waals surface area contributed by atoms with Crippen molar-refractivity contribution in [1.82, 2.24) is 5.32 Å². The van der Waals surface area contributed by atoms with Gasteiger partial charge in [0.15, 0.2) is 0 Å². The van der Waals surface area contributed by atoms with Crippen LogP contribution in [0, 0.1) is 0 Å². The standard InChI is InChI=1S/C16H18BrNO2/c1-10(12-4-3-5-13(17)8-12)18-11(2)15-9-14(19)6-7-16(15)20/h3-11,18-20H,1-2H3. The number of halogens is 1. The maximum atomic E-state index is 9.87. The Morgan fingerprint density at radius 2 is 1.75 bits per heavy atom. The molecule has 0 fully saturated rings. The molecular weight excluding hydrogens is 318 g/mol. The first-order chi connectivity index (χ1) is 9.47. The van der Waals surface area contributed by atoms with Crippen molar-refractivity contribution in [2.75, 3.05) is 0 Å². The molecule has 2 unspecified atom stereocenters. The molecule has 0 saturated carbocycles. The molecule has 2 atom stereocenters. The lowest BCUT2D eigenvalue weighted by molar-refractivity contribution is 0.429. The smallest absolute Gasteiger partial charge is 0.120 e. The van der Waals surface area contributed by atoms with Crippen LogP contribution < -0.4 is 5.32 Å². The molecule has 0 aliphatic rings. The molecular formula is C16H18BrNO2. The number of phenolic OH excluding ortho intramolecular Hbond substituents is 2. The molecule has 3 N–H and O–H groups in total. The van der Waals surface area contributed by atoms with Crippen LogP contribution in [0.2, 0.25) is 0 Å². The first kappa shape index (κ1) is 14.9. The quantitative estimate of drug-likeness (QED) is 0.731. The van der Waals surface area contributed by atoms with Crippen LogP contribution in [-0.4, -0.2) is 10.2 Å². The largest absolute Gasteiger partial charge is 0.508 e. The lowest BCUT2D eigenvalue weighted by Gasteiger charge is -2.21. The second kappa shape index (κ2) is 6.29. The fourth-order valence-corrected chi connectivity index (χ4v) is 2.64. The summed E-state index contributed by atoms with van der Waals surface area (Å²) in [7, 11) is 0. The van der Waals surface area contributed by atoms with Crippen LogP contribution >= 0.6 is 15.9 Å². The summed E-state index contributed by atoms with van der Waals surface area (Å²) in [5.74, 6) is 0.339. The van der Waals surface area contributed by atoms with Crippen molar-refractivity contribution in [2.24, 2.45) is 0 Å². The molecule has 2 rings (SSSR count). The van der Waals surface area contributed by atoms with E-state index < -0.39 is 0 Å². The van der Waals surface area contributed by atoms with Gasteiger partial charge in [0.2, 0.25) is 0 Å². The molecule has 0 aromatic heterocycles. The van der Waals surface area contributed by atoms with Crippen LogP contribution in [0.3, 0.4) is 0 Å². The Hall–Kier alpha value is -1.52. The van der Waals surface area contributed by atoms with Crippen LogP contribution in [0.5, 0.6) is 11.5 Å². The van der Waals surface area contributed by atoms with Crippen molar-refractivity contribution >= 4 is 15.9 Å². The highest BCUT2D eigenvalue weighted by atomic mass is 79.9. The summed E-state index contributed by atoms with van der Waals surface area (Å²) in [6, 6.07) is 12.7. The highest BCUT2D eigenvalue weighted by molar-refractivity contribution is 9.10. The summed E-state index contributed by atoms with van der Waals surface area (Å²) < 4.78 is 1.04. The van der Waals surface area contributed by atoms with E-state index in [0.717, 1.165) is 10.0 Å². The molecule has 0 amide bonds. The summed E-state index contributed by atoms with van der Waals surface area (Å²) in [5.41, 5.74) is 1.85. The first-order valence-corrected chi connectivity index (χ1v) is 7.30. The molecule has 0 aliphatic carbocycles. The SMILES string of the molecule is CC(NC(C)c1cc(O)ccc1O)c1cccc(Br)c1. The van der Waals surface area contributed by atoms with Gasteiger partial charge in [0.1, 0.15) is 11.5 Å². The van der Waals surface area contributed by atoms with Crippen molar-refractivity contribution in [1.29, 1.82) is 0 Å².